The van der Waals surface area contributed by atoms with Crippen molar-refractivity contribution in [3.63, 3.8) is 0 Å². The fraction of sp³-hybridized carbons (Fsp3) is 0.290. The van der Waals surface area contributed by atoms with E-state index in [1.807, 2.05) is 47.0 Å². The Morgan fingerprint density at radius 2 is 1.84 bits per heavy atom. The number of rotatable bonds is 4. The molecular weight excluding hydrogens is 487 g/mol. The summed E-state index contributed by atoms with van der Waals surface area (Å²) < 4.78 is 49.7. The first kappa shape index (κ1) is 23.1. The van der Waals surface area contributed by atoms with Crippen molar-refractivity contribution in [2.24, 2.45) is 5.92 Å². The average molecular weight is 512 g/mol. The zero-order valence-electron chi connectivity index (χ0n) is 20.6. The van der Waals surface area contributed by atoms with Crippen molar-refractivity contribution in [3.8, 4) is 11.8 Å². The summed E-state index contributed by atoms with van der Waals surface area (Å²) in [6.07, 6.45) is 1.56. The number of alkyl halides is 2. The van der Waals surface area contributed by atoms with Crippen molar-refractivity contribution in [2.45, 2.75) is 50.7 Å². The molecular formula is C31H24F3N3O. The van der Waals surface area contributed by atoms with E-state index in [-0.39, 0.29) is 37.1 Å². The predicted octanol–water partition coefficient (Wildman–Crippen LogP) is 7.36. The number of imidazole rings is 1. The van der Waals surface area contributed by atoms with Crippen molar-refractivity contribution in [1.29, 1.82) is 5.26 Å². The van der Waals surface area contributed by atoms with E-state index in [1.54, 1.807) is 6.07 Å². The molecule has 2 saturated carbocycles. The summed E-state index contributed by atoms with van der Waals surface area (Å²) in [7, 11) is 0. The van der Waals surface area contributed by atoms with Crippen molar-refractivity contribution in [3.05, 3.63) is 100 Å². The van der Waals surface area contributed by atoms with Crippen LogP contribution < -0.4 is 4.74 Å². The van der Waals surface area contributed by atoms with Crippen molar-refractivity contribution >= 4 is 16.6 Å². The van der Waals surface area contributed by atoms with Crippen LogP contribution in [-0.2, 0) is 13.2 Å². The molecule has 2 fully saturated rings. The third kappa shape index (κ3) is 3.87. The lowest BCUT2D eigenvalue weighted by molar-refractivity contribution is -0.0889. The van der Waals surface area contributed by atoms with E-state index < -0.39 is 5.92 Å². The molecule has 0 unspecified atom stereocenters. The van der Waals surface area contributed by atoms with Crippen LogP contribution in [0.3, 0.4) is 0 Å². The molecule has 2 heterocycles. The molecule has 7 rings (SSSR count). The minimum absolute atomic E-state index is 0.185. The predicted molar refractivity (Wildman–Crippen MR) is 137 cm³/mol. The number of para-hydroxylation sites is 2. The first-order valence-corrected chi connectivity index (χ1v) is 12.9. The van der Waals surface area contributed by atoms with E-state index in [1.165, 1.54) is 12.1 Å². The Morgan fingerprint density at radius 1 is 1.05 bits per heavy atom. The second kappa shape index (κ2) is 8.49. The molecule has 2 aliphatic carbocycles. The fourth-order valence-electron chi connectivity index (χ4n) is 5.84. The van der Waals surface area contributed by atoms with Gasteiger partial charge in [-0.25, -0.2) is 18.2 Å². The molecule has 4 nitrogen and oxygen atoms in total. The molecule has 0 saturated heterocycles. The van der Waals surface area contributed by atoms with Crippen LogP contribution in [-0.4, -0.2) is 15.5 Å². The lowest BCUT2D eigenvalue weighted by Gasteiger charge is -2.34. The maximum Gasteiger partial charge on any atom is 0.249 e. The van der Waals surface area contributed by atoms with Gasteiger partial charge in [-0.1, -0.05) is 24.3 Å². The number of halogens is 3. The highest BCUT2D eigenvalue weighted by atomic mass is 19.3. The summed E-state index contributed by atoms with van der Waals surface area (Å²) in [5.74, 6) is -1.98. The number of benzene rings is 3. The van der Waals surface area contributed by atoms with Gasteiger partial charge < -0.3 is 9.30 Å². The van der Waals surface area contributed by atoms with E-state index in [0.717, 1.165) is 51.7 Å². The highest BCUT2D eigenvalue weighted by Gasteiger charge is 2.48. The molecule has 1 aromatic heterocycles. The van der Waals surface area contributed by atoms with Gasteiger partial charge in [-0.05, 0) is 65.8 Å². The van der Waals surface area contributed by atoms with Crippen molar-refractivity contribution < 1.29 is 17.9 Å². The van der Waals surface area contributed by atoms with Gasteiger partial charge in [0.1, 0.15) is 24.0 Å². The number of hydrogen-bond donors (Lipinski definition) is 0. The van der Waals surface area contributed by atoms with Crippen molar-refractivity contribution in [1.82, 2.24) is 9.55 Å². The number of nitrogens with zero attached hydrogens (tertiary/aromatic N) is 3. The molecule has 190 valence electrons. The molecule has 0 amide bonds. The highest BCUT2D eigenvalue weighted by molar-refractivity contribution is 5.89. The Hall–Kier alpha value is -4.05. The van der Waals surface area contributed by atoms with Crippen LogP contribution in [0.1, 0.15) is 59.7 Å². The molecule has 4 aromatic rings. The molecule has 3 aliphatic rings. The van der Waals surface area contributed by atoms with Crippen LogP contribution in [0.2, 0.25) is 0 Å². The van der Waals surface area contributed by atoms with Gasteiger partial charge in [0.25, 0.3) is 0 Å². The molecule has 38 heavy (non-hydrogen) atoms. The van der Waals surface area contributed by atoms with Crippen LogP contribution >= 0.6 is 0 Å². The van der Waals surface area contributed by atoms with Gasteiger partial charge in [0, 0.05) is 48.1 Å². The normalized spacial score (nSPS) is 19.5. The minimum Gasteiger partial charge on any atom is -0.488 e. The van der Waals surface area contributed by atoms with E-state index >= 15 is 0 Å². The largest absolute Gasteiger partial charge is 0.488 e. The van der Waals surface area contributed by atoms with Crippen LogP contribution in [0.15, 0.2) is 66.2 Å². The highest BCUT2D eigenvalue weighted by Crippen LogP contribution is 2.49. The topological polar surface area (TPSA) is 50.8 Å². The Balaban J connectivity index is 1.32. The number of aromatic nitrogens is 2. The summed E-state index contributed by atoms with van der Waals surface area (Å²) in [6.45, 7) is 0.707. The van der Waals surface area contributed by atoms with Gasteiger partial charge in [-0.15, -0.1) is 0 Å². The maximum absolute atomic E-state index is 14.1. The molecule has 0 bridgehead atoms. The van der Waals surface area contributed by atoms with Gasteiger partial charge >= 0.3 is 0 Å². The number of fused-ring (bicyclic) bond motifs is 3. The monoisotopic (exact) mass is 511 g/mol. The maximum atomic E-state index is 14.1. The number of ether oxygens (including phenoxy) is 1. The first-order chi connectivity index (χ1) is 18.4. The Kier molecular flexibility index (Phi) is 5.16. The molecule has 1 aliphatic heterocycles. The quantitative estimate of drug-likeness (QED) is 0.269. The second-order valence-electron chi connectivity index (χ2n) is 10.6. The summed E-state index contributed by atoms with van der Waals surface area (Å²) in [5, 5.41) is 10.1. The summed E-state index contributed by atoms with van der Waals surface area (Å²) in [5.41, 5.74) is 6.76. The third-order valence-corrected chi connectivity index (χ3v) is 7.89. The van der Waals surface area contributed by atoms with Gasteiger partial charge in [0.15, 0.2) is 0 Å². The summed E-state index contributed by atoms with van der Waals surface area (Å²) in [4.78, 5) is 4.73. The number of nitriles is 1. The van der Waals surface area contributed by atoms with Crippen LogP contribution in [0.5, 0.6) is 5.75 Å². The Bertz CT molecular complexity index is 1670. The Morgan fingerprint density at radius 3 is 2.61 bits per heavy atom. The number of hydrogen-bond acceptors (Lipinski definition) is 3. The minimum atomic E-state index is -2.63. The van der Waals surface area contributed by atoms with Gasteiger partial charge in [-0.3, -0.25) is 0 Å². The standard InChI is InChI=1S/C31H24F3N3O/c32-22-8-10-24-28(12-22)38-17-20-11-18(5-9-23(20)29(24)25(15-35)19-6-7-19)16-37-27-4-2-1-3-26(27)36-30(37)21-13-31(33,34)14-21/h1-5,8-12,19,21H,6-7,13-14,16-17H2/b29-25-. The summed E-state index contributed by atoms with van der Waals surface area (Å²) in [6, 6.07) is 20.7. The van der Waals surface area contributed by atoms with Crippen LogP contribution in [0.25, 0.3) is 16.6 Å². The summed E-state index contributed by atoms with van der Waals surface area (Å²) >= 11 is 0. The van der Waals surface area contributed by atoms with E-state index in [2.05, 4.69) is 6.07 Å². The fourth-order valence-corrected chi connectivity index (χ4v) is 5.84. The van der Waals surface area contributed by atoms with Crippen LogP contribution in [0, 0.1) is 23.1 Å². The van der Waals surface area contributed by atoms with Gasteiger partial charge in [0.2, 0.25) is 5.92 Å². The van der Waals surface area contributed by atoms with E-state index in [0.29, 0.717) is 23.7 Å². The van der Waals surface area contributed by atoms with E-state index in [9.17, 15) is 18.4 Å². The SMILES string of the molecule is N#C/C(=C1\c2ccc(Cn3c(C4CC(F)(F)C4)nc4ccccc43)cc2COc2cc(F)ccc21)C1CC1. The third-order valence-electron chi connectivity index (χ3n) is 7.89. The molecule has 0 atom stereocenters. The molecule has 0 N–H and O–H groups in total. The molecule has 7 heteroatoms. The second-order valence-corrected chi connectivity index (χ2v) is 10.6. The molecule has 0 radical (unpaired) electrons. The number of allylic oxidation sites excluding steroid dienone is 1. The van der Waals surface area contributed by atoms with E-state index in [4.69, 9.17) is 9.72 Å². The zero-order chi connectivity index (χ0) is 26.0. The van der Waals surface area contributed by atoms with Gasteiger partial charge in [0.05, 0.1) is 17.1 Å². The average Bonchev–Trinajstić information content (AvgIpc) is 3.68. The lowest BCUT2D eigenvalue weighted by Crippen LogP contribution is -2.35. The first-order valence-electron chi connectivity index (χ1n) is 12.9. The lowest BCUT2D eigenvalue weighted by atomic mass is 9.80. The zero-order valence-corrected chi connectivity index (χ0v) is 20.6. The molecule has 0 spiro atoms. The van der Waals surface area contributed by atoms with Crippen LogP contribution in [0.4, 0.5) is 13.2 Å². The van der Waals surface area contributed by atoms with Gasteiger partial charge in [-0.2, -0.15) is 5.26 Å². The smallest absolute Gasteiger partial charge is 0.249 e. The Labute approximate surface area is 218 Å². The molecule has 3 aromatic carbocycles. The van der Waals surface area contributed by atoms with Crippen molar-refractivity contribution in [2.75, 3.05) is 0 Å².